The summed E-state index contributed by atoms with van der Waals surface area (Å²) in [6.07, 6.45) is 1.72. The summed E-state index contributed by atoms with van der Waals surface area (Å²) in [6, 6.07) is 7.26. The highest BCUT2D eigenvalue weighted by molar-refractivity contribution is 7.88. The molecule has 0 unspecified atom stereocenters. The number of carbonyl (C=O) groups is 1. The molecule has 5 N–H and O–H groups in total. The zero-order valence-corrected chi connectivity index (χ0v) is 16.1. The molecule has 8 nitrogen and oxygen atoms in total. The van der Waals surface area contributed by atoms with Crippen molar-refractivity contribution in [3.05, 3.63) is 29.8 Å². The average Bonchev–Trinajstić information content (AvgIpc) is 2.99. The van der Waals surface area contributed by atoms with E-state index in [0.717, 1.165) is 11.9 Å². The lowest BCUT2D eigenvalue weighted by Gasteiger charge is -2.17. The average molecular weight is 382 g/mol. The van der Waals surface area contributed by atoms with Gasteiger partial charge in [0.15, 0.2) is 0 Å². The molecule has 1 amide bonds. The maximum absolute atomic E-state index is 12.5. The van der Waals surface area contributed by atoms with E-state index in [9.17, 15) is 13.2 Å². The van der Waals surface area contributed by atoms with Crippen LogP contribution >= 0.6 is 0 Å². The van der Waals surface area contributed by atoms with Crippen LogP contribution in [0.4, 0.5) is 5.69 Å². The molecule has 1 fully saturated rings. The summed E-state index contributed by atoms with van der Waals surface area (Å²) in [5.74, 6) is -0.438. The molecule has 1 aromatic rings. The van der Waals surface area contributed by atoms with Gasteiger partial charge in [-0.3, -0.25) is 10.2 Å². The minimum atomic E-state index is -3.23. The fourth-order valence-corrected chi connectivity index (χ4v) is 3.36. The number of benzene rings is 1. The lowest BCUT2D eigenvalue weighted by molar-refractivity contribution is -0.115. The van der Waals surface area contributed by atoms with Crippen LogP contribution in [-0.4, -0.2) is 57.5 Å². The number of nitrogens with one attached hydrogen (secondary N) is 5. The summed E-state index contributed by atoms with van der Waals surface area (Å²) in [5, 5.41) is 17.5. The second-order valence-corrected chi connectivity index (χ2v) is 8.68. The maximum Gasteiger partial charge on any atom is 0.270 e. The zero-order valence-electron chi connectivity index (χ0n) is 15.3. The van der Waals surface area contributed by atoms with E-state index in [1.165, 1.54) is 0 Å². The van der Waals surface area contributed by atoms with Crippen LogP contribution in [0.5, 0.6) is 0 Å². The van der Waals surface area contributed by atoms with Crippen molar-refractivity contribution in [2.45, 2.75) is 38.4 Å². The zero-order chi connectivity index (χ0) is 19.3. The predicted octanol–water partition coefficient (Wildman–Crippen LogP) is 0.271. The van der Waals surface area contributed by atoms with Gasteiger partial charge in [-0.15, -0.1) is 0 Å². The van der Waals surface area contributed by atoms with Gasteiger partial charge in [-0.1, -0.05) is 18.2 Å². The van der Waals surface area contributed by atoms with Crippen molar-refractivity contribution in [1.29, 1.82) is 5.41 Å². The van der Waals surface area contributed by atoms with E-state index in [1.54, 1.807) is 12.1 Å². The Morgan fingerprint density at radius 1 is 1.35 bits per heavy atom. The van der Waals surface area contributed by atoms with Crippen LogP contribution in [0.1, 0.15) is 25.8 Å². The Morgan fingerprint density at radius 3 is 2.69 bits per heavy atom. The summed E-state index contributed by atoms with van der Waals surface area (Å²) >= 11 is 0. The molecule has 144 valence electrons. The SMILES string of the molecule is CC(C)Nc1ccccc1C(=N)C(=O)N[C@@H]1CN[C@H](CNS(C)(=O)=O)C1. The van der Waals surface area contributed by atoms with Crippen LogP contribution in [0.2, 0.25) is 0 Å². The molecule has 1 saturated heterocycles. The maximum atomic E-state index is 12.5. The first-order chi connectivity index (χ1) is 12.2. The van der Waals surface area contributed by atoms with E-state index < -0.39 is 15.9 Å². The third kappa shape index (κ3) is 6.08. The van der Waals surface area contributed by atoms with Crippen molar-refractivity contribution in [3.63, 3.8) is 0 Å². The van der Waals surface area contributed by atoms with Crippen molar-refractivity contribution < 1.29 is 13.2 Å². The molecule has 0 aromatic heterocycles. The molecule has 2 atom stereocenters. The summed E-state index contributed by atoms with van der Waals surface area (Å²) in [6.45, 7) is 4.81. The molecule has 0 radical (unpaired) electrons. The van der Waals surface area contributed by atoms with Crippen molar-refractivity contribution >= 4 is 27.3 Å². The Kier molecular flexibility index (Phi) is 6.74. The van der Waals surface area contributed by atoms with Gasteiger partial charge < -0.3 is 16.0 Å². The van der Waals surface area contributed by atoms with E-state index >= 15 is 0 Å². The van der Waals surface area contributed by atoms with Crippen molar-refractivity contribution in [3.8, 4) is 0 Å². The highest BCUT2D eigenvalue weighted by atomic mass is 32.2. The van der Waals surface area contributed by atoms with E-state index in [0.29, 0.717) is 18.5 Å². The van der Waals surface area contributed by atoms with Crippen molar-refractivity contribution in [1.82, 2.24) is 15.4 Å². The Balaban J connectivity index is 1.93. The van der Waals surface area contributed by atoms with Gasteiger partial charge in [0.05, 0.1) is 6.26 Å². The molecular weight excluding hydrogens is 354 g/mol. The van der Waals surface area contributed by atoms with Crippen molar-refractivity contribution in [2.75, 3.05) is 24.7 Å². The predicted molar refractivity (Wildman–Crippen MR) is 103 cm³/mol. The van der Waals surface area contributed by atoms with Crippen LogP contribution in [-0.2, 0) is 14.8 Å². The largest absolute Gasteiger partial charge is 0.382 e. The highest BCUT2D eigenvalue weighted by Gasteiger charge is 2.27. The number of hydrogen-bond donors (Lipinski definition) is 5. The van der Waals surface area contributed by atoms with Gasteiger partial charge in [0.2, 0.25) is 10.0 Å². The molecular formula is C17H27N5O3S. The van der Waals surface area contributed by atoms with Gasteiger partial charge in [-0.05, 0) is 26.3 Å². The fourth-order valence-electron chi connectivity index (χ4n) is 2.85. The summed E-state index contributed by atoms with van der Waals surface area (Å²) in [7, 11) is -3.23. The van der Waals surface area contributed by atoms with Crippen LogP contribution in [0, 0.1) is 5.41 Å². The Morgan fingerprint density at radius 2 is 2.04 bits per heavy atom. The second kappa shape index (κ2) is 8.61. The fraction of sp³-hybridized carbons (Fsp3) is 0.529. The monoisotopic (exact) mass is 381 g/mol. The van der Waals surface area contributed by atoms with Gasteiger partial charge >= 0.3 is 0 Å². The van der Waals surface area contributed by atoms with E-state index in [1.807, 2.05) is 26.0 Å². The summed E-state index contributed by atoms with van der Waals surface area (Å²) < 4.78 is 24.8. The smallest absolute Gasteiger partial charge is 0.270 e. The van der Waals surface area contributed by atoms with Crippen LogP contribution in [0.3, 0.4) is 0 Å². The van der Waals surface area contributed by atoms with Gasteiger partial charge in [0, 0.05) is 42.5 Å². The first kappa shape index (κ1) is 20.3. The summed E-state index contributed by atoms with van der Waals surface area (Å²) in [5.41, 5.74) is 1.22. The Labute approximate surface area is 154 Å². The quantitative estimate of drug-likeness (QED) is 0.414. The molecule has 0 aliphatic carbocycles. The molecule has 0 saturated carbocycles. The first-order valence-electron chi connectivity index (χ1n) is 8.59. The highest BCUT2D eigenvalue weighted by Crippen LogP contribution is 2.17. The van der Waals surface area contributed by atoms with Crippen LogP contribution in [0.25, 0.3) is 0 Å². The van der Waals surface area contributed by atoms with Crippen LogP contribution < -0.4 is 20.7 Å². The lowest BCUT2D eigenvalue weighted by Crippen LogP contribution is -2.40. The molecule has 1 aromatic carbocycles. The molecule has 1 heterocycles. The molecule has 26 heavy (non-hydrogen) atoms. The van der Waals surface area contributed by atoms with Gasteiger partial charge in [0.1, 0.15) is 5.71 Å². The number of para-hydroxylation sites is 1. The normalized spacial score (nSPS) is 20.2. The molecule has 1 aliphatic heterocycles. The number of sulfonamides is 1. The number of hydrogen-bond acceptors (Lipinski definition) is 6. The van der Waals surface area contributed by atoms with E-state index in [-0.39, 0.29) is 30.4 Å². The Hall–Kier alpha value is -1.97. The van der Waals surface area contributed by atoms with Gasteiger partial charge in [0.25, 0.3) is 5.91 Å². The summed E-state index contributed by atoms with van der Waals surface area (Å²) in [4.78, 5) is 12.5. The molecule has 0 bridgehead atoms. The van der Waals surface area contributed by atoms with E-state index in [4.69, 9.17) is 5.41 Å². The number of anilines is 1. The topological polar surface area (TPSA) is 123 Å². The lowest BCUT2D eigenvalue weighted by atomic mass is 10.1. The second-order valence-electron chi connectivity index (χ2n) is 6.85. The minimum Gasteiger partial charge on any atom is -0.382 e. The molecule has 2 rings (SSSR count). The standard InChI is InChI=1S/C17H27N5O3S/c1-11(2)21-15-7-5-4-6-14(15)16(18)17(23)22-13-8-12(19-9-13)10-20-26(3,24)25/h4-7,11-13,18-21H,8-10H2,1-3H3,(H,22,23)/t12-,13-/m0/s1. The number of amides is 1. The third-order valence-corrected chi connectivity index (χ3v) is 4.71. The number of carbonyl (C=O) groups excluding carboxylic acids is 1. The number of rotatable bonds is 8. The van der Waals surface area contributed by atoms with E-state index in [2.05, 4.69) is 20.7 Å². The van der Waals surface area contributed by atoms with Gasteiger partial charge in [-0.25, -0.2) is 13.1 Å². The van der Waals surface area contributed by atoms with Crippen molar-refractivity contribution in [2.24, 2.45) is 0 Å². The third-order valence-electron chi connectivity index (χ3n) is 4.02. The first-order valence-corrected chi connectivity index (χ1v) is 10.5. The van der Waals surface area contributed by atoms with Crippen LogP contribution in [0.15, 0.2) is 24.3 Å². The molecule has 1 aliphatic rings. The molecule has 9 heteroatoms. The minimum absolute atomic E-state index is 0.0425. The molecule has 0 spiro atoms. The Bertz CT molecular complexity index is 763. The van der Waals surface area contributed by atoms with Gasteiger partial charge in [-0.2, -0.15) is 0 Å².